The van der Waals surface area contributed by atoms with Crippen molar-refractivity contribution in [1.82, 2.24) is 9.97 Å². The monoisotopic (exact) mass is 212 g/mol. The van der Waals surface area contributed by atoms with Crippen LogP contribution in [0.3, 0.4) is 0 Å². The van der Waals surface area contributed by atoms with Crippen molar-refractivity contribution in [3.05, 3.63) is 39.2 Å². The lowest BCUT2D eigenvalue weighted by atomic mass is 10.2. The average molecular weight is 213 g/mol. The van der Waals surface area contributed by atoms with Crippen molar-refractivity contribution >= 4 is 22.5 Å². The number of rotatable bonds is 0. The summed E-state index contributed by atoms with van der Waals surface area (Å²) >= 11 is 5.79. The van der Waals surface area contributed by atoms with Crippen LogP contribution in [0.15, 0.2) is 16.9 Å². The number of halogens is 2. The van der Waals surface area contributed by atoms with Gasteiger partial charge in [0.1, 0.15) is 17.0 Å². The number of aryl methyl sites for hydroxylation is 1. The standard InChI is InChI=1S/C9H6ClFN2O/c1-4-12-8-5(10)2-3-6(11)7(8)9(14)13-4/h2-3H,1H3,(H,12,13,14). The summed E-state index contributed by atoms with van der Waals surface area (Å²) in [6, 6.07) is 2.53. The summed E-state index contributed by atoms with van der Waals surface area (Å²) in [6.45, 7) is 1.61. The van der Waals surface area contributed by atoms with E-state index in [4.69, 9.17) is 11.6 Å². The summed E-state index contributed by atoms with van der Waals surface area (Å²) in [5, 5.41) is 0.179. The molecule has 1 aromatic heterocycles. The molecule has 0 radical (unpaired) electrons. The van der Waals surface area contributed by atoms with Gasteiger partial charge in [0.15, 0.2) is 0 Å². The average Bonchev–Trinajstić information content (AvgIpc) is 2.10. The van der Waals surface area contributed by atoms with Crippen molar-refractivity contribution in [3.8, 4) is 0 Å². The maximum Gasteiger partial charge on any atom is 0.261 e. The first-order valence-electron chi connectivity index (χ1n) is 3.94. The normalized spacial score (nSPS) is 10.8. The minimum atomic E-state index is -0.613. The van der Waals surface area contributed by atoms with Gasteiger partial charge in [-0.25, -0.2) is 9.37 Å². The third-order valence-corrected chi connectivity index (χ3v) is 2.18. The van der Waals surface area contributed by atoms with E-state index in [9.17, 15) is 9.18 Å². The van der Waals surface area contributed by atoms with Gasteiger partial charge in [-0.15, -0.1) is 0 Å². The summed E-state index contributed by atoms with van der Waals surface area (Å²) in [4.78, 5) is 17.8. The highest BCUT2D eigenvalue weighted by atomic mass is 35.5. The van der Waals surface area contributed by atoms with Gasteiger partial charge in [-0.05, 0) is 19.1 Å². The summed E-state index contributed by atoms with van der Waals surface area (Å²) < 4.78 is 13.2. The number of aromatic amines is 1. The molecule has 0 amide bonds. The second-order valence-corrected chi connectivity index (χ2v) is 3.31. The van der Waals surface area contributed by atoms with E-state index in [1.807, 2.05) is 0 Å². The van der Waals surface area contributed by atoms with Gasteiger partial charge >= 0.3 is 0 Å². The first-order valence-corrected chi connectivity index (χ1v) is 4.32. The quantitative estimate of drug-likeness (QED) is 0.726. The van der Waals surface area contributed by atoms with Crippen LogP contribution in [0, 0.1) is 12.7 Å². The van der Waals surface area contributed by atoms with Crippen LogP contribution in [0.25, 0.3) is 10.9 Å². The fourth-order valence-corrected chi connectivity index (χ4v) is 1.49. The van der Waals surface area contributed by atoms with Crippen LogP contribution in [-0.2, 0) is 0 Å². The highest BCUT2D eigenvalue weighted by Gasteiger charge is 2.09. The predicted octanol–water partition coefficient (Wildman–Crippen LogP) is 2.02. The van der Waals surface area contributed by atoms with Crippen molar-refractivity contribution in [3.63, 3.8) is 0 Å². The fourth-order valence-electron chi connectivity index (χ4n) is 1.29. The summed E-state index contributed by atoms with van der Waals surface area (Å²) in [5.74, 6) is -0.201. The lowest BCUT2D eigenvalue weighted by molar-refractivity contribution is 0.638. The van der Waals surface area contributed by atoms with Gasteiger partial charge in [-0.2, -0.15) is 0 Å². The van der Waals surface area contributed by atoms with E-state index < -0.39 is 11.4 Å². The van der Waals surface area contributed by atoms with Gasteiger partial charge in [0.2, 0.25) is 0 Å². The van der Waals surface area contributed by atoms with Gasteiger partial charge in [0.25, 0.3) is 5.56 Å². The highest BCUT2D eigenvalue weighted by molar-refractivity contribution is 6.35. The Labute approximate surface area is 83.5 Å². The molecular formula is C9H6ClFN2O. The lowest BCUT2D eigenvalue weighted by Crippen LogP contribution is -2.11. The molecule has 0 saturated heterocycles. The summed E-state index contributed by atoms with van der Waals surface area (Å²) in [5.41, 5.74) is -0.305. The molecule has 2 aromatic rings. The molecule has 0 fully saturated rings. The van der Waals surface area contributed by atoms with Crippen LogP contribution in [0.5, 0.6) is 0 Å². The van der Waals surface area contributed by atoms with Crippen molar-refractivity contribution in [1.29, 1.82) is 0 Å². The van der Waals surface area contributed by atoms with Crippen molar-refractivity contribution < 1.29 is 4.39 Å². The molecule has 0 aliphatic carbocycles. The predicted molar refractivity (Wildman–Crippen MR) is 52.1 cm³/mol. The molecule has 5 heteroatoms. The molecule has 0 saturated carbocycles. The van der Waals surface area contributed by atoms with E-state index >= 15 is 0 Å². The SMILES string of the molecule is Cc1nc2c(Cl)ccc(F)c2c(=O)[nH]1. The molecule has 1 heterocycles. The van der Waals surface area contributed by atoms with Crippen LogP contribution in [0.4, 0.5) is 4.39 Å². The molecule has 1 aromatic carbocycles. The molecule has 0 atom stereocenters. The third-order valence-electron chi connectivity index (χ3n) is 1.88. The number of aromatic nitrogens is 2. The number of hydrogen-bond acceptors (Lipinski definition) is 2. The van der Waals surface area contributed by atoms with Crippen molar-refractivity contribution in [2.45, 2.75) is 6.92 Å². The first-order chi connectivity index (χ1) is 6.59. The molecule has 0 aliphatic heterocycles. The van der Waals surface area contributed by atoms with E-state index in [1.165, 1.54) is 6.07 Å². The zero-order valence-corrected chi connectivity index (χ0v) is 8.02. The zero-order chi connectivity index (χ0) is 10.3. The molecule has 3 nitrogen and oxygen atoms in total. The Morgan fingerprint density at radius 1 is 1.50 bits per heavy atom. The van der Waals surface area contributed by atoms with Crippen LogP contribution in [0.2, 0.25) is 5.02 Å². The Morgan fingerprint density at radius 3 is 2.93 bits per heavy atom. The number of hydrogen-bond donors (Lipinski definition) is 1. The van der Waals surface area contributed by atoms with E-state index in [2.05, 4.69) is 9.97 Å². The van der Waals surface area contributed by atoms with Crippen LogP contribution in [-0.4, -0.2) is 9.97 Å². The number of nitrogens with zero attached hydrogens (tertiary/aromatic N) is 1. The van der Waals surface area contributed by atoms with Crippen LogP contribution in [0.1, 0.15) is 5.82 Å². The summed E-state index contributed by atoms with van der Waals surface area (Å²) in [6.07, 6.45) is 0. The van der Waals surface area contributed by atoms with Crippen molar-refractivity contribution in [2.24, 2.45) is 0 Å². The Bertz CT molecular complexity index is 564. The number of nitrogens with one attached hydrogen (secondary N) is 1. The number of fused-ring (bicyclic) bond motifs is 1. The third kappa shape index (κ3) is 1.28. The van der Waals surface area contributed by atoms with E-state index in [-0.39, 0.29) is 15.9 Å². The van der Waals surface area contributed by atoms with E-state index in [0.717, 1.165) is 6.07 Å². The van der Waals surface area contributed by atoms with E-state index in [1.54, 1.807) is 6.92 Å². The van der Waals surface area contributed by atoms with E-state index in [0.29, 0.717) is 5.82 Å². The molecule has 2 rings (SSSR count). The molecule has 0 unspecified atom stereocenters. The number of H-pyrrole nitrogens is 1. The Hall–Kier alpha value is -1.42. The van der Waals surface area contributed by atoms with Crippen molar-refractivity contribution in [2.75, 3.05) is 0 Å². The van der Waals surface area contributed by atoms with Gasteiger partial charge in [0.05, 0.1) is 10.5 Å². The minimum absolute atomic E-state index is 0.0944. The fraction of sp³-hybridized carbons (Fsp3) is 0.111. The number of benzene rings is 1. The second kappa shape index (κ2) is 3.06. The maximum atomic E-state index is 13.2. The maximum absolute atomic E-state index is 13.2. The van der Waals surface area contributed by atoms with Gasteiger partial charge in [0, 0.05) is 0 Å². The highest BCUT2D eigenvalue weighted by Crippen LogP contribution is 2.20. The Morgan fingerprint density at radius 2 is 2.21 bits per heavy atom. The molecular weight excluding hydrogens is 207 g/mol. The largest absolute Gasteiger partial charge is 0.310 e. The summed E-state index contributed by atoms with van der Waals surface area (Å²) in [7, 11) is 0. The molecule has 72 valence electrons. The zero-order valence-electron chi connectivity index (χ0n) is 7.27. The Balaban J connectivity index is 3.08. The molecule has 0 bridgehead atoms. The first kappa shape index (κ1) is 9.15. The molecule has 1 N–H and O–H groups in total. The topological polar surface area (TPSA) is 45.8 Å². The van der Waals surface area contributed by atoms with Crippen LogP contribution >= 0.6 is 11.6 Å². The minimum Gasteiger partial charge on any atom is -0.310 e. The second-order valence-electron chi connectivity index (χ2n) is 2.90. The van der Waals surface area contributed by atoms with Gasteiger partial charge < -0.3 is 4.98 Å². The smallest absolute Gasteiger partial charge is 0.261 e. The molecule has 14 heavy (non-hydrogen) atoms. The van der Waals surface area contributed by atoms with Gasteiger partial charge in [-0.3, -0.25) is 4.79 Å². The van der Waals surface area contributed by atoms with Gasteiger partial charge in [-0.1, -0.05) is 11.6 Å². The van der Waals surface area contributed by atoms with Crippen LogP contribution < -0.4 is 5.56 Å². The molecule has 0 spiro atoms. The molecule has 0 aliphatic rings. The lowest BCUT2D eigenvalue weighted by Gasteiger charge is -2.01. The Kier molecular flexibility index (Phi) is 2.00.